The summed E-state index contributed by atoms with van der Waals surface area (Å²) in [6.07, 6.45) is 0. The van der Waals surface area contributed by atoms with Crippen LogP contribution in [0, 0.1) is 6.92 Å². The Hall–Kier alpha value is -1.87. The molecule has 2 aromatic rings. The molecule has 3 N–H and O–H groups in total. The van der Waals surface area contributed by atoms with Gasteiger partial charge in [0.15, 0.2) is 5.82 Å². The molecular formula is C12H15N3O4S2. The number of hydrogen-bond donors (Lipinski definition) is 3. The molecule has 0 spiro atoms. The van der Waals surface area contributed by atoms with E-state index in [1.165, 1.54) is 5.38 Å². The van der Waals surface area contributed by atoms with E-state index in [2.05, 4.69) is 14.9 Å². The Kier molecular flexibility index (Phi) is 4.06. The number of carbonyl (C=O) groups is 1. The molecule has 2 heterocycles. The van der Waals surface area contributed by atoms with Crippen LogP contribution in [0.1, 0.15) is 40.7 Å². The Morgan fingerprint density at radius 3 is 2.67 bits per heavy atom. The Bertz CT molecular complexity index is 774. The molecule has 0 fully saturated rings. The van der Waals surface area contributed by atoms with E-state index >= 15 is 0 Å². The van der Waals surface area contributed by atoms with Gasteiger partial charge in [-0.3, -0.25) is 9.82 Å². The van der Waals surface area contributed by atoms with Crippen LogP contribution in [-0.2, 0) is 10.0 Å². The van der Waals surface area contributed by atoms with Crippen LogP contribution >= 0.6 is 11.3 Å². The van der Waals surface area contributed by atoms with Gasteiger partial charge in [-0.1, -0.05) is 13.8 Å². The largest absolute Gasteiger partial charge is 0.477 e. The summed E-state index contributed by atoms with van der Waals surface area (Å²) in [7, 11) is -3.99. The fourth-order valence-corrected chi connectivity index (χ4v) is 4.41. The molecule has 7 nitrogen and oxygen atoms in total. The highest BCUT2D eigenvalue weighted by Crippen LogP contribution is 2.28. The number of nitrogens with one attached hydrogen (secondary N) is 2. The maximum absolute atomic E-state index is 12.4. The molecule has 2 rings (SSSR count). The number of aromatic carboxylic acids is 1. The van der Waals surface area contributed by atoms with Crippen molar-refractivity contribution in [3.63, 3.8) is 0 Å². The summed E-state index contributed by atoms with van der Waals surface area (Å²) in [6, 6.07) is 1.59. The summed E-state index contributed by atoms with van der Waals surface area (Å²) in [5, 5.41) is 17.2. The van der Waals surface area contributed by atoms with E-state index < -0.39 is 16.0 Å². The third-order valence-electron chi connectivity index (χ3n) is 2.84. The number of sulfonamides is 1. The molecule has 0 amide bonds. The first-order chi connectivity index (χ1) is 9.72. The molecule has 21 heavy (non-hydrogen) atoms. The Balaban J connectivity index is 2.38. The highest BCUT2D eigenvalue weighted by atomic mass is 32.2. The van der Waals surface area contributed by atoms with Crippen LogP contribution in [0.5, 0.6) is 0 Å². The van der Waals surface area contributed by atoms with Crippen molar-refractivity contribution in [2.75, 3.05) is 4.72 Å². The van der Waals surface area contributed by atoms with Gasteiger partial charge in [-0.25, -0.2) is 13.2 Å². The van der Waals surface area contributed by atoms with Crippen LogP contribution in [0.15, 0.2) is 16.3 Å². The minimum Gasteiger partial charge on any atom is -0.477 e. The number of aromatic amines is 1. The second-order valence-electron chi connectivity index (χ2n) is 4.85. The van der Waals surface area contributed by atoms with Gasteiger partial charge in [-0.2, -0.15) is 5.10 Å². The molecule has 0 aliphatic rings. The molecule has 0 unspecified atom stereocenters. The number of anilines is 1. The second-order valence-corrected chi connectivity index (χ2v) is 7.35. The Morgan fingerprint density at radius 1 is 1.48 bits per heavy atom. The fraction of sp³-hybridized carbons (Fsp3) is 0.333. The normalized spacial score (nSPS) is 11.8. The van der Waals surface area contributed by atoms with Crippen LogP contribution in [0.2, 0.25) is 0 Å². The Morgan fingerprint density at radius 2 is 2.14 bits per heavy atom. The van der Waals surface area contributed by atoms with Gasteiger partial charge in [0.05, 0.1) is 0 Å². The standard InChI is InChI=1S/C12H15N3O4S2/c1-6(2)8-4-9(14-13-8)15-21(18,19)11-7(3)5-20-10(11)12(16)17/h4-6H,1-3H3,(H,16,17)(H2,13,14,15). The second kappa shape index (κ2) is 5.49. The molecule has 0 aliphatic heterocycles. The quantitative estimate of drug-likeness (QED) is 0.779. The van der Waals surface area contributed by atoms with E-state index in [1.54, 1.807) is 13.0 Å². The van der Waals surface area contributed by atoms with Crippen molar-refractivity contribution in [3.8, 4) is 0 Å². The van der Waals surface area contributed by atoms with Crippen molar-refractivity contribution in [1.82, 2.24) is 10.2 Å². The number of aromatic nitrogens is 2. The minimum atomic E-state index is -3.99. The number of rotatable bonds is 5. The van der Waals surface area contributed by atoms with Crippen LogP contribution in [0.3, 0.4) is 0 Å². The fourth-order valence-electron chi connectivity index (χ4n) is 1.79. The molecular weight excluding hydrogens is 314 g/mol. The summed E-state index contributed by atoms with van der Waals surface area (Å²) in [5.41, 5.74) is 1.18. The molecule has 0 aliphatic carbocycles. The lowest BCUT2D eigenvalue weighted by molar-refractivity contribution is 0.0698. The number of carboxylic acid groups (broad SMARTS) is 1. The zero-order valence-corrected chi connectivity index (χ0v) is 13.3. The Labute approximate surface area is 126 Å². The van der Waals surface area contributed by atoms with E-state index in [1.807, 2.05) is 13.8 Å². The zero-order valence-electron chi connectivity index (χ0n) is 11.7. The first-order valence-corrected chi connectivity index (χ1v) is 8.48. The van der Waals surface area contributed by atoms with Gasteiger partial charge in [-0.05, 0) is 23.8 Å². The predicted molar refractivity (Wildman–Crippen MR) is 79.5 cm³/mol. The van der Waals surface area contributed by atoms with Crippen molar-refractivity contribution in [1.29, 1.82) is 0 Å². The van der Waals surface area contributed by atoms with E-state index in [4.69, 9.17) is 5.11 Å². The summed E-state index contributed by atoms with van der Waals surface area (Å²) < 4.78 is 27.0. The average Bonchev–Trinajstić information content (AvgIpc) is 2.95. The lowest BCUT2D eigenvalue weighted by atomic mass is 10.1. The van der Waals surface area contributed by atoms with Crippen molar-refractivity contribution < 1.29 is 18.3 Å². The highest BCUT2D eigenvalue weighted by Gasteiger charge is 2.27. The monoisotopic (exact) mass is 329 g/mol. The van der Waals surface area contributed by atoms with Crippen molar-refractivity contribution >= 4 is 33.1 Å². The third-order valence-corrected chi connectivity index (χ3v) is 5.60. The maximum atomic E-state index is 12.4. The van der Waals surface area contributed by atoms with Crippen molar-refractivity contribution in [3.05, 3.63) is 27.6 Å². The molecule has 9 heteroatoms. The summed E-state index contributed by atoms with van der Waals surface area (Å²) in [5.74, 6) is -0.952. The number of H-pyrrole nitrogens is 1. The molecule has 114 valence electrons. The van der Waals surface area contributed by atoms with E-state index in [9.17, 15) is 13.2 Å². The van der Waals surface area contributed by atoms with Crippen molar-refractivity contribution in [2.45, 2.75) is 31.6 Å². The lowest BCUT2D eigenvalue weighted by Gasteiger charge is -2.06. The van der Waals surface area contributed by atoms with Crippen molar-refractivity contribution in [2.24, 2.45) is 0 Å². The number of aryl methyl sites for hydroxylation is 1. The van der Waals surface area contributed by atoms with Crippen LogP contribution < -0.4 is 4.72 Å². The molecule has 0 saturated carbocycles. The minimum absolute atomic E-state index is 0.139. The third kappa shape index (κ3) is 3.08. The van der Waals surface area contributed by atoms with Gasteiger partial charge in [0, 0.05) is 11.8 Å². The topological polar surface area (TPSA) is 112 Å². The molecule has 0 bridgehead atoms. The van der Waals surface area contributed by atoms with Crippen LogP contribution in [0.4, 0.5) is 5.82 Å². The van der Waals surface area contributed by atoms with Crippen LogP contribution in [-0.4, -0.2) is 29.7 Å². The first-order valence-electron chi connectivity index (χ1n) is 6.12. The summed E-state index contributed by atoms with van der Waals surface area (Å²) in [6.45, 7) is 5.44. The molecule has 2 aromatic heterocycles. The number of nitrogens with zero attached hydrogens (tertiary/aromatic N) is 1. The first kappa shape index (κ1) is 15.5. The SMILES string of the molecule is Cc1csc(C(=O)O)c1S(=O)(=O)Nc1cc(C(C)C)[nH]n1. The highest BCUT2D eigenvalue weighted by molar-refractivity contribution is 7.93. The van der Waals surface area contributed by atoms with Gasteiger partial charge in [0.1, 0.15) is 9.77 Å². The van der Waals surface area contributed by atoms with E-state index in [0.717, 1.165) is 17.0 Å². The van der Waals surface area contributed by atoms with Gasteiger partial charge in [-0.15, -0.1) is 11.3 Å². The van der Waals surface area contributed by atoms with E-state index in [0.29, 0.717) is 5.56 Å². The van der Waals surface area contributed by atoms with E-state index in [-0.39, 0.29) is 21.5 Å². The number of hydrogen-bond acceptors (Lipinski definition) is 5. The van der Waals surface area contributed by atoms with Crippen LogP contribution in [0.25, 0.3) is 0 Å². The molecule has 0 saturated heterocycles. The predicted octanol–water partition coefficient (Wildman–Crippen LogP) is 2.40. The van der Waals surface area contributed by atoms with Gasteiger partial charge in [0.25, 0.3) is 10.0 Å². The number of carboxylic acids is 1. The number of thiophene rings is 1. The summed E-state index contributed by atoms with van der Waals surface area (Å²) >= 11 is 0.885. The average molecular weight is 329 g/mol. The smallest absolute Gasteiger partial charge is 0.347 e. The molecule has 0 aromatic carbocycles. The van der Waals surface area contributed by atoms with Gasteiger partial charge < -0.3 is 5.11 Å². The summed E-state index contributed by atoms with van der Waals surface area (Å²) in [4.78, 5) is 10.7. The maximum Gasteiger partial charge on any atom is 0.347 e. The molecule has 0 radical (unpaired) electrons. The lowest BCUT2D eigenvalue weighted by Crippen LogP contribution is -2.16. The molecule has 0 atom stereocenters. The van der Waals surface area contributed by atoms with Gasteiger partial charge >= 0.3 is 5.97 Å². The zero-order chi connectivity index (χ0) is 15.8. The van der Waals surface area contributed by atoms with Gasteiger partial charge in [0.2, 0.25) is 0 Å².